The van der Waals surface area contributed by atoms with E-state index in [4.69, 9.17) is 5.73 Å². The van der Waals surface area contributed by atoms with Gasteiger partial charge in [0.2, 0.25) is 0 Å². The number of nitrogens with two attached hydrogens (primary N) is 1. The quantitative estimate of drug-likeness (QED) is 0.626. The Morgan fingerprint density at radius 3 is 2.67 bits per heavy atom. The lowest BCUT2D eigenvalue weighted by Crippen LogP contribution is -2.47. The van der Waals surface area contributed by atoms with Crippen molar-refractivity contribution in [2.45, 2.75) is 25.8 Å². The van der Waals surface area contributed by atoms with Gasteiger partial charge in [-0.25, -0.2) is 0 Å². The molecule has 1 rings (SSSR count). The minimum absolute atomic E-state index is 0.382. The topological polar surface area (TPSA) is 41.3 Å². The first-order valence-electron chi connectivity index (χ1n) is 5.01. The molecule has 3 N–H and O–H groups in total. The van der Waals surface area contributed by atoms with Gasteiger partial charge in [-0.15, -0.1) is 0 Å². The van der Waals surface area contributed by atoms with Crippen LogP contribution in [-0.4, -0.2) is 43.7 Å². The van der Waals surface area contributed by atoms with Crippen molar-refractivity contribution in [3.63, 3.8) is 0 Å². The third-order valence-corrected chi connectivity index (χ3v) is 2.36. The zero-order valence-electron chi connectivity index (χ0n) is 8.05. The number of hydrogen-bond acceptors (Lipinski definition) is 3. The van der Waals surface area contributed by atoms with E-state index in [0.29, 0.717) is 6.04 Å². The summed E-state index contributed by atoms with van der Waals surface area (Å²) in [6, 6.07) is 0.382. The van der Waals surface area contributed by atoms with Gasteiger partial charge >= 0.3 is 0 Å². The molecule has 1 heterocycles. The summed E-state index contributed by atoms with van der Waals surface area (Å²) in [5.41, 5.74) is 5.95. The van der Waals surface area contributed by atoms with Gasteiger partial charge in [0, 0.05) is 38.8 Å². The van der Waals surface area contributed by atoms with Crippen molar-refractivity contribution in [2.75, 3.05) is 32.7 Å². The van der Waals surface area contributed by atoms with E-state index in [-0.39, 0.29) is 0 Å². The smallest absolute Gasteiger partial charge is 0.0167 e. The summed E-state index contributed by atoms with van der Waals surface area (Å²) in [4.78, 5) is 2.46. The van der Waals surface area contributed by atoms with Crippen LogP contribution in [0.25, 0.3) is 0 Å². The summed E-state index contributed by atoms with van der Waals surface area (Å²) in [6.45, 7) is 7.85. The first-order chi connectivity index (χ1) is 5.83. The summed E-state index contributed by atoms with van der Waals surface area (Å²) < 4.78 is 0. The lowest BCUT2D eigenvalue weighted by molar-refractivity contribution is 0.224. The van der Waals surface area contributed by atoms with Crippen LogP contribution in [0, 0.1) is 0 Å². The van der Waals surface area contributed by atoms with E-state index in [1.807, 2.05) is 0 Å². The molecule has 1 atom stereocenters. The molecule has 1 aliphatic rings. The van der Waals surface area contributed by atoms with Crippen LogP contribution in [0.2, 0.25) is 0 Å². The van der Waals surface area contributed by atoms with Gasteiger partial charge in [-0.05, 0) is 6.42 Å². The van der Waals surface area contributed by atoms with Crippen LogP contribution < -0.4 is 11.1 Å². The maximum absolute atomic E-state index is 5.95. The fourth-order valence-electron chi connectivity index (χ4n) is 1.69. The van der Waals surface area contributed by atoms with Crippen LogP contribution in [0.1, 0.15) is 19.8 Å². The predicted molar refractivity (Wildman–Crippen MR) is 52.2 cm³/mol. The Kier molecular flexibility index (Phi) is 4.58. The summed E-state index contributed by atoms with van der Waals surface area (Å²) in [5.74, 6) is 0. The Labute approximate surface area is 75.3 Å². The van der Waals surface area contributed by atoms with Gasteiger partial charge in [-0.2, -0.15) is 0 Å². The number of nitrogens with one attached hydrogen (secondary N) is 1. The van der Waals surface area contributed by atoms with Crippen LogP contribution in [0.15, 0.2) is 0 Å². The maximum atomic E-state index is 5.95. The molecule has 0 saturated carbocycles. The zero-order valence-corrected chi connectivity index (χ0v) is 8.05. The molecule has 0 aliphatic carbocycles. The van der Waals surface area contributed by atoms with E-state index >= 15 is 0 Å². The van der Waals surface area contributed by atoms with Gasteiger partial charge in [0.05, 0.1) is 0 Å². The maximum Gasteiger partial charge on any atom is 0.0167 e. The summed E-state index contributed by atoms with van der Waals surface area (Å²) in [6.07, 6.45) is 2.36. The summed E-state index contributed by atoms with van der Waals surface area (Å²) >= 11 is 0. The van der Waals surface area contributed by atoms with Gasteiger partial charge in [0.15, 0.2) is 0 Å². The monoisotopic (exact) mass is 171 g/mol. The highest BCUT2D eigenvalue weighted by Gasteiger charge is 2.12. The molecular formula is C9H21N3. The predicted octanol–water partition coefficient (Wildman–Crippen LogP) is 0.0190. The van der Waals surface area contributed by atoms with Crippen molar-refractivity contribution in [2.24, 2.45) is 5.73 Å². The van der Waals surface area contributed by atoms with E-state index in [0.717, 1.165) is 39.1 Å². The van der Waals surface area contributed by atoms with Crippen molar-refractivity contribution in [1.29, 1.82) is 0 Å². The molecular weight excluding hydrogens is 150 g/mol. The molecule has 1 unspecified atom stereocenters. The van der Waals surface area contributed by atoms with Crippen molar-refractivity contribution < 1.29 is 0 Å². The SMILES string of the molecule is CCCC(N)CN1CCNCC1. The van der Waals surface area contributed by atoms with Crippen LogP contribution in [0.5, 0.6) is 0 Å². The van der Waals surface area contributed by atoms with E-state index < -0.39 is 0 Å². The molecule has 0 aromatic heterocycles. The average molecular weight is 171 g/mol. The molecule has 0 radical (unpaired) electrons. The average Bonchev–Trinajstić information content (AvgIpc) is 2.06. The third kappa shape index (κ3) is 3.52. The highest BCUT2D eigenvalue weighted by atomic mass is 15.2. The number of rotatable bonds is 4. The Bertz CT molecular complexity index is 110. The molecule has 3 nitrogen and oxygen atoms in total. The molecule has 1 aliphatic heterocycles. The van der Waals surface area contributed by atoms with Crippen molar-refractivity contribution in [1.82, 2.24) is 10.2 Å². The van der Waals surface area contributed by atoms with Crippen LogP contribution in [0.3, 0.4) is 0 Å². The Hall–Kier alpha value is -0.120. The number of hydrogen-bond donors (Lipinski definition) is 2. The van der Waals surface area contributed by atoms with Crippen molar-refractivity contribution in [3.05, 3.63) is 0 Å². The van der Waals surface area contributed by atoms with Crippen LogP contribution >= 0.6 is 0 Å². The fraction of sp³-hybridized carbons (Fsp3) is 1.00. The van der Waals surface area contributed by atoms with Crippen molar-refractivity contribution >= 4 is 0 Å². The second-order valence-corrected chi connectivity index (χ2v) is 3.60. The molecule has 12 heavy (non-hydrogen) atoms. The van der Waals surface area contributed by atoms with E-state index in [9.17, 15) is 0 Å². The van der Waals surface area contributed by atoms with E-state index in [2.05, 4.69) is 17.1 Å². The largest absolute Gasteiger partial charge is 0.327 e. The van der Waals surface area contributed by atoms with E-state index in [1.165, 1.54) is 6.42 Å². The van der Waals surface area contributed by atoms with E-state index in [1.54, 1.807) is 0 Å². The lowest BCUT2D eigenvalue weighted by atomic mass is 10.1. The third-order valence-electron chi connectivity index (χ3n) is 2.36. The normalized spacial score (nSPS) is 22.5. The molecule has 72 valence electrons. The number of piperazine rings is 1. The Balaban J connectivity index is 2.11. The van der Waals surface area contributed by atoms with Gasteiger partial charge in [0.1, 0.15) is 0 Å². The van der Waals surface area contributed by atoms with Gasteiger partial charge in [-0.1, -0.05) is 13.3 Å². The Morgan fingerprint density at radius 1 is 1.42 bits per heavy atom. The molecule has 0 bridgehead atoms. The first-order valence-corrected chi connectivity index (χ1v) is 5.01. The molecule has 1 fully saturated rings. The number of nitrogens with zero attached hydrogens (tertiary/aromatic N) is 1. The molecule has 3 heteroatoms. The van der Waals surface area contributed by atoms with Crippen LogP contribution in [-0.2, 0) is 0 Å². The Morgan fingerprint density at radius 2 is 2.08 bits per heavy atom. The minimum atomic E-state index is 0.382. The molecule has 1 saturated heterocycles. The van der Waals surface area contributed by atoms with Gasteiger partial charge < -0.3 is 11.1 Å². The molecule has 0 aromatic carbocycles. The standard InChI is InChI=1S/C9H21N3/c1-2-3-9(10)8-12-6-4-11-5-7-12/h9,11H,2-8,10H2,1H3. The second kappa shape index (κ2) is 5.51. The summed E-state index contributed by atoms with van der Waals surface area (Å²) in [5, 5.41) is 3.34. The van der Waals surface area contributed by atoms with Gasteiger partial charge in [0.25, 0.3) is 0 Å². The summed E-state index contributed by atoms with van der Waals surface area (Å²) in [7, 11) is 0. The minimum Gasteiger partial charge on any atom is -0.327 e. The highest BCUT2D eigenvalue weighted by molar-refractivity contribution is 4.72. The highest BCUT2D eigenvalue weighted by Crippen LogP contribution is 1.98. The van der Waals surface area contributed by atoms with Gasteiger partial charge in [-0.3, -0.25) is 4.90 Å². The second-order valence-electron chi connectivity index (χ2n) is 3.60. The molecule has 0 aromatic rings. The fourth-order valence-corrected chi connectivity index (χ4v) is 1.69. The zero-order chi connectivity index (χ0) is 8.81. The van der Waals surface area contributed by atoms with Crippen molar-refractivity contribution in [3.8, 4) is 0 Å². The lowest BCUT2D eigenvalue weighted by Gasteiger charge is -2.29. The van der Waals surface area contributed by atoms with Crippen LogP contribution in [0.4, 0.5) is 0 Å². The first kappa shape index (κ1) is 9.96. The molecule has 0 spiro atoms. The molecule has 0 amide bonds.